The standard InChI is InChI=1S/C12H15N3O/c1-16-8-10(13)6-9-7-14-15-12-5-3-2-4-11(9)12/h2-5,7,10H,6,8,13H2,1H3. The summed E-state index contributed by atoms with van der Waals surface area (Å²) in [4.78, 5) is 0. The summed E-state index contributed by atoms with van der Waals surface area (Å²) in [6.07, 6.45) is 2.53. The Hall–Kier alpha value is -1.52. The topological polar surface area (TPSA) is 61.0 Å². The van der Waals surface area contributed by atoms with Gasteiger partial charge in [-0.15, -0.1) is 0 Å². The molecule has 2 rings (SSSR count). The van der Waals surface area contributed by atoms with Crippen molar-refractivity contribution in [3.63, 3.8) is 0 Å². The maximum Gasteiger partial charge on any atom is 0.0932 e. The lowest BCUT2D eigenvalue weighted by atomic mass is 10.0. The highest BCUT2D eigenvalue weighted by molar-refractivity contribution is 5.81. The molecule has 2 N–H and O–H groups in total. The molecule has 4 heteroatoms. The Morgan fingerprint density at radius 2 is 2.19 bits per heavy atom. The number of hydrogen-bond donors (Lipinski definition) is 1. The van der Waals surface area contributed by atoms with Gasteiger partial charge in [-0.3, -0.25) is 0 Å². The van der Waals surface area contributed by atoms with Crippen LogP contribution >= 0.6 is 0 Å². The molecule has 1 heterocycles. The second kappa shape index (κ2) is 5.01. The van der Waals surface area contributed by atoms with Crippen molar-refractivity contribution in [1.82, 2.24) is 10.2 Å². The summed E-state index contributed by atoms with van der Waals surface area (Å²) in [7, 11) is 1.66. The minimum atomic E-state index is -0.00222. The van der Waals surface area contributed by atoms with Gasteiger partial charge in [-0.25, -0.2) is 0 Å². The summed E-state index contributed by atoms with van der Waals surface area (Å²) in [5.74, 6) is 0. The van der Waals surface area contributed by atoms with E-state index in [1.165, 1.54) is 0 Å². The molecule has 0 amide bonds. The number of benzene rings is 1. The van der Waals surface area contributed by atoms with E-state index in [0.717, 1.165) is 22.9 Å². The highest BCUT2D eigenvalue weighted by Gasteiger charge is 2.07. The molecule has 1 atom stereocenters. The maximum atomic E-state index is 5.93. The lowest BCUT2D eigenvalue weighted by molar-refractivity contribution is 0.180. The van der Waals surface area contributed by atoms with Crippen molar-refractivity contribution < 1.29 is 4.74 Å². The van der Waals surface area contributed by atoms with Crippen LogP contribution in [0.4, 0.5) is 0 Å². The lowest BCUT2D eigenvalue weighted by Gasteiger charge is -2.11. The molecular weight excluding hydrogens is 202 g/mol. The fourth-order valence-electron chi connectivity index (χ4n) is 1.78. The van der Waals surface area contributed by atoms with Gasteiger partial charge in [0.15, 0.2) is 0 Å². The molecule has 0 saturated carbocycles. The Morgan fingerprint density at radius 3 is 3.00 bits per heavy atom. The number of hydrogen-bond acceptors (Lipinski definition) is 4. The van der Waals surface area contributed by atoms with Crippen molar-refractivity contribution in [3.05, 3.63) is 36.0 Å². The third kappa shape index (κ3) is 2.35. The molecule has 0 spiro atoms. The zero-order valence-corrected chi connectivity index (χ0v) is 9.26. The van der Waals surface area contributed by atoms with Crippen LogP contribution in [0.25, 0.3) is 10.9 Å². The average molecular weight is 217 g/mol. The van der Waals surface area contributed by atoms with E-state index in [4.69, 9.17) is 10.5 Å². The molecule has 0 radical (unpaired) electrons. The lowest BCUT2D eigenvalue weighted by Crippen LogP contribution is -2.28. The number of fused-ring (bicyclic) bond motifs is 1. The molecule has 1 aromatic heterocycles. The molecular formula is C12H15N3O. The van der Waals surface area contributed by atoms with Crippen LogP contribution < -0.4 is 5.73 Å². The van der Waals surface area contributed by atoms with E-state index in [1.807, 2.05) is 24.3 Å². The van der Waals surface area contributed by atoms with Crippen LogP contribution in [0.3, 0.4) is 0 Å². The molecule has 0 fully saturated rings. The summed E-state index contributed by atoms with van der Waals surface area (Å²) in [6.45, 7) is 0.552. The van der Waals surface area contributed by atoms with Crippen LogP contribution in [0, 0.1) is 0 Å². The summed E-state index contributed by atoms with van der Waals surface area (Å²) in [6, 6.07) is 7.94. The first-order valence-corrected chi connectivity index (χ1v) is 5.25. The molecule has 84 valence electrons. The first-order valence-electron chi connectivity index (χ1n) is 5.25. The van der Waals surface area contributed by atoms with Crippen LogP contribution in [-0.4, -0.2) is 30.0 Å². The summed E-state index contributed by atoms with van der Waals surface area (Å²) >= 11 is 0. The van der Waals surface area contributed by atoms with E-state index in [0.29, 0.717) is 6.61 Å². The molecule has 0 aliphatic carbocycles. The maximum absolute atomic E-state index is 5.93. The van der Waals surface area contributed by atoms with Gasteiger partial charge in [-0.05, 0) is 18.1 Å². The molecule has 2 aromatic rings. The number of ether oxygens (including phenoxy) is 1. The summed E-state index contributed by atoms with van der Waals surface area (Å²) in [5.41, 5.74) is 7.96. The van der Waals surface area contributed by atoms with Crippen molar-refractivity contribution in [3.8, 4) is 0 Å². The van der Waals surface area contributed by atoms with Crippen LogP contribution in [0.5, 0.6) is 0 Å². The van der Waals surface area contributed by atoms with Crippen LogP contribution in [0.2, 0.25) is 0 Å². The summed E-state index contributed by atoms with van der Waals surface area (Å²) in [5, 5.41) is 9.17. The second-order valence-corrected chi connectivity index (χ2v) is 3.81. The van der Waals surface area contributed by atoms with Crippen LogP contribution in [0.15, 0.2) is 30.5 Å². The fraction of sp³-hybridized carbons (Fsp3) is 0.333. The van der Waals surface area contributed by atoms with Gasteiger partial charge in [0.25, 0.3) is 0 Å². The zero-order valence-electron chi connectivity index (χ0n) is 9.26. The molecule has 1 unspecified atom stereocenters. The number of methoxy groups -OCH3 is 1. The third-order valence-electron chi connectivity index (χ3n) is 2.49. The number of nitrogens with two attached hydrogens (primary N) is 1. The number of aromatic nitrogens is 2. The Labute approximate surface area is 94.4 Å². The molecule has 0 bridgehead atoms. The summed E-state index contributed by atoms with van der Waals surface area (Å²) < 4.78 is 5.03. The van der Waals surface area contributed by atoms with Gasteiger partial charge in [0.05, 0.1) is 18.3 Å². The number of rotatable bonds is 4. The number of nitrogens with zero attached hydrogens (tertiary/aromatic N) is 2. The van der Waals surface area contributed by atoms with Gasteiger partial charge in [0, 0.05) is 18.5 Å². The SMILES string of the molecule is COCC(N)Cc1cnnc2ccccc12. The molecule has 1 aromatic carbocycles. The van der Waals surface area contributed by atoms with Crippen molar-refractivity contribution in [2.75, 3.05) is 13.7 Å². The molecule has 16 heavy (non-hydrogen) atoms. The third-order valence-corrected chi connectivity index (χ3v) is 2.49. The van der Waals surface area contributed by atoms with Crippen molar-refractivity contribution in [2.24, 2.45) is 5.73 Å². The highest BCUT2D eigenvalue weighted by atomic mass is 16.5. The zero-order chi connectivity index (χ0) is 11.4. The quantitative estimate of drug-likeness (QED) is 0.834. The highest BCUT2D eigenvalue weighted by Crippen LogP contribution is 2.16. The van der Waals surface area contributed by atoms with Crippen molar-refractivity contribution in [1.29, 1.82) is 0 Å². The van der Waals surface area contributed by atoms with Crippen molar-refractivity contribution >= 4 is 10.9 Å². The van der Waals surface area contributed by atoms with Gasteiger partial charge < -0.3 is 10.5 Å². The van der Waals surface area contributed by atoms with E-state index < -0.39 is 0 Å². The van der Waals surface area contributed by atoms with Crippen molar-refractivity contribution in [2.45, 2.75) is 12.5 Å². The van der Waals surface area contributed by atoms with Gasteiger partial charge in [-0.1, -0.05) is 18.2 Å². The molecule has 0 aliphatic rings. The average Bonchev–Trinajstić information content (AvgIpc) is 2.30. The van der Waals surface area contributed by atoms with Crippen LogP contribution in [0.1, 0.15) is 5.56 Å². The molecule has 4 nitrogen and oxygen atoms in total. The van der Waals surface area contributed by atoms with Gasteiger partial charge >= 0.3 is 0 Å². The minimum Gasteiger partial charge on any atom is -0.383 e. The first-order chi connectivity index (χ1) is 7.81. The first kappa shape index (κ1) is 11.0. The Bertz CT molecular complexity index is 467. The van der Waals surface area contributed by atoms with E-state index in [2.05, 4.69) is 10.2 Å². The Morgan fingerprint density at radius 1 is 1.38 bits per heavy atom. The Balaban J connectivity index is 2.30. The second-order valence-electron chi connectivity index (χ2n) is 3.81. The normalized spacial score (nSPS) is 12.9. The molecule has 0 aliphatic heterocycles. The predicted molar refractivity (Wildman–Crippen MR) is 63.1 cm³/mol. The van der Waals surface area contributed by atoms with E-state index in [1.54, 1.807) is 13.3 Å². The molecule has 0 saturated heterocycles. The van der Waals surface area contributed by atoms with E-state index in [9.17, 15) is 0 Å². The van der Waals surface area contributed by atoms with E-state index >= 15 is 0 Å². The van der Waals surface area contributed by atoms with E-state index in [-0.39, 0.29) is 6.04 Å². The Kier molecular flexibility index (Phi) is 3.44. The predicted octanol–water partition coefficient (Wildman–Crippen LogP) is 1.15. The monoisotopic (exact) mass is 217 g/mol. The fourth-order valence-corrected chi connectivity index (χ4v) is 1.78. The smallest absolute Gasteiger partial charge is 0.0932 e. The van der Waals surface area contributed by atoms with Gasteiger partial charge in [0.2, 0.25) is 0 Å². The van der Waals surface area contributed by atoms with Crippen LogP contribution in [-0.2, 0) is 11.2 Å². The van der Waals surface area contributed by atoms with Gasteiger partial charge in [-0.2, -0.15) is 10.2 Å². The van der Waals surface area contributed by atoms with Gasteiger partial charge in [0.1, 0.15) is 0 Å². The minimum absolute atomic E-state index is 0.00222. The largest absolute Gasteiger partial charge is 0.383 e.